The number of nitrogens with zero attached hydrogens (tertiary/aromatic N) is 3. The Balaban J connectivity index is 1.89. The predicted octanol–water partition coefficient (Wildman–Crippen LogP) is 2.90. The zero-order valence-electron chi connectivity index (χ0n) is 12.7. The zero-order chi connectivity index (χ0) is 15.5. The molecular formula is C16H19N5S. The standard InChI is InChI=1S/C16H19N5S/c1-10(17)8-13-11(2)14-15(22-13)16(20-21-19-14)18-9-12-6-4-3-5-7-12/h3-7,10H,8-9,17H2,1-2H3,(H,18,19,20). The lowest BCUT2D eigenvalue weighted by Crippen LogP contribution is -2.17. The molecule has 3 rings (SSSR count). The van der Waals surface area contributed by atoms with Crippen molar-refractivity contribution in [1.82, 2.24) is 15.4 Å². The molecule has 0 bridgehead atoms. The molecule has 0 amide bonds. The van der Waals surface area contributed by atoms with E-state index in [4.69, 9.17) is 5.73 Å². The second-order valence-electron chi connectivity index (χ2n) is 5.49. The van der Waals surface area contributed by atoms with Crippen LogP contribution in [0.3, 0.4) is 0 Å². The number of nitrogens with one attached hydrogen (secondary N) is 1. The lowest BCUT2D eigenvalue weighted by molar-refractivity contribution is 0.744. The van der Waals surface area contributed by atoms with E-state index < -0.39 is 0 Å². The summed E-state index contributed by atoms with van der Waals surface area (Å²) in [6, 6.07) is 10.4. The average molecular weight is 313 g/mol. The lowest BCUT2D eigenvalue weighted by Gasteiger charge is -2.05. The van der Waals surface area contributed by atoms with Crippen LogP contribution in [-0.2, 0) is 13.0 Å². The Hall–Kier alpha value is -2.05. The van der Waals surface area contributed by atoms with E-state index in [-0.39, 0.29) is 6.04 Å². The van der Waals surface area contributed by atoms with E-state index in [1.54, 1.807) is 11.3 Å². The molecule has 0 aliphatic carbocycles. The number of nitrogens with two attached hydrogens (primary N) is 1. The van der Waals surface area contributed by atoms with Gasteiger partial charge in [-0.15, -0.1) is 21.5 Å². The second kappa shape index (κ2) is 6.37. The number of anilines is 1. The average Bonchev–Trinajstić information content (AvgIpc) is 2.83. The first kappa shape index (κ1) is 14.9. The van der Waals surface area contributed by atoms with Gasteiger partial charge in [-0.2, -0.15) is 0 Å². The van der Waals surface area contributed by atoms with Crippen molar-refractivity contribution in [2.75, 3.05) is 5.32 Å². The fraction of sp³-hybridized carbons (Fsp3) is 0.312. The van der Waals surface area contributed by atoms with Gasteiger partial charge in [-0.3, -0.25) is 0 Å². The largest absolute Gasteiger partial charge is 0.363 e. The van der Waals surface area contributed by atoms with Crippen molar-refractivity contribution >= 4 is 27.4 Å². The van der Waals surface area contributed by atoms with Crippen LogP contribution in [0.25, 0.3) is 10.2 Å². The number of aromatic nitrogens is 3. The Morgan fingerprint density at radius 3 is 2.73 bits per heavy atom. The molecule has 0 fully saturated rings. The van der Waals surface area contributed by atoms with Crippen molar-refractivity contribution in [3.63, 3.8) is 0 Å². The first-order valence-corrected chi connectivity index (χ1v) is 8.11. The van der Waals surface area contributed by atoms with Gasteiger partial charge in [0.25, 0.3) is 0 Å². The van der Waals surface area contributed by atoms with Crippen LogP contribution in [0.5, 0.6) is 0 Å². The van der Waals surface area contributed by atoms with Gasteiger partial charge in [0.05, 0.1) is 4.70 Å². The van der Waals surface area contributed by atoms with Crippen molar-refractivity contribution in [3.05, 3.63) is 46.3 Å². The molecule has 1 unspecified atom stereocenters. The zero-order valence-corrected chi connectivity index (χ0v) is 13.5. The van der Waals surface area contributed by atoms with Crippen molar-refractivity contribution < 1.29 is 0 Å². The minimum Gasteiger partial charge on any atom is -0.363 e. The summed E-state index contributed by atoms with van der Waals surface area (Å²) in [6.07, 6.45) is 0.852. The first-order chi connectivity index (χ1) is 10.6. The maximum atomic E-state index is 5.93. The first-order valence-electron chi connectivity index (χ1n) is 7.30. The predicted molar refractivity (Wildman–Crippen MR) is 91.1 cm³/mol. The third-order valence-corrected chi connectivity index (χ3v) is 4.84. The van der Waals surface area contributed by atoms with Crippen LogP contribution >= 0.6 is 11.3 Å². The number of rotatable bonds is 5. The Bertz CT molecular complexity index is 767. The fourth-order valence-corrected chi connectivity index (χ4v) is 3.72. The van der Waals surface area contributed by atoms with E-state index in [0.717, 1.165) is 28.0 Å². The molecule has 22 heavy (non-hydrogen) atoms. The minimum atomic E-state index is 0.133. The molecule has 114 valence electrons. The third-order valence-electron chi connectivity index (χ3n) is 3.53. The highest BCUT2D eigenvalue weighted by molar-refractivity contribution is 7.19. The van der Waals surface area contributed by atoms with Crippen LogP contribution in [-0.4, -0.2) is 21.5 Å². The van der Waals surface area contributed by atoms with Gasteiger partial charge in [0.15, 0.2) is 5.82 Å². The number of hydrogen-bond acceptors (Lipinski definition) is 6. The van der Waals surface area contributed by atoms with E-state index in [2.05, 4.69) is 39.8 Å². The molecule has 0 aliphatic rings. The number of benzene rings is 1. The Labute approximate surface area is 133 Å². The van der Waals surface area contributed by atoms with E-state index in [1.807, 2.05) is 25.1 Å². The maximum Gasteiger partial charge on any atom is 0.170 e. The summed E-state index contributed by atoms with van der Waals surface area (Å²) in [7, 11) is 0. The van der Waals surface area contributed by atoms with E-state index in [1.165, 1.54) is 10.4 Å². The van der Waals surface area contributed by atoms with Gasteiger partial charge in [-0.1, -0.05) is 30.3 Å². The summed E-state index contributed by atoms with van der Waals surface area (Å²) < 4.78 is 1.05. The van der Waals surface area contributed by atoms with E-state index in [9.17, 15) is 0 Å². The topological polar surface area (TPSA) is 76.7 Å². The van der Waals surface area contributed by atoms with Crippen LogP contribution in [0.4, 0.5) is 5.82 Å². The Morgan fingerprint density at radius 1 is 1.23 bits per heavy atom. The number of thiophene rings is 1. The van der Waals surface area contributed by atoms with Gasteiger partial charge in [0.2, 0.25) is 0 Å². The molecule has 0 aliphatic heterocycles. The van der Waals surface area contributed by atoms with Gasteiger partial charge >= 0.3 is 0 Å². The summed E-state index contributed by atoms with van der Waals surface area (Å²) in [5.41, 5.74) is 9.22. The van der Waals surface area contributed by atoms with E-state index in [0.29, 0.717) is 6.54 Å². The molecule has 1 atom stereocenters. The van der Waals surface area contributed by atoms with Crippen molar-refractivity contribution in [2.45, 2.75) is 32.9 Å². The van der Waals surface area contributed by atoms with Gasteiger partial charge in [0.1, 0.15) is 5.52 Å². The highest BCUT2D eigenvalue weighted by atomic mass is 32.1. The van der Waals surface area contributed by atoms with Gasteiger partial charge in [0, 0.05) is 17.5 Å². The Kier molecular flexibility index (Phi) is 4.31. The summed E-state index contributed by atoms with van der Waals surface area (Å²) in [6.45, 7) is 4.81. The molecule has 0 spiro atoms. The van der Waals surface area contributed by atoms with Crippen molar-refractivity contribution in [1.29, 1.82) is 0 Å². The molecule has 0 radical (unpaired) electrons. The van der Waals surface area contributed by atoms with Crippen LogP contribution in [0.15, 0.2) is 30.3 Å². The lowest BCUT2D eigenvalue weighted by atomic mass is 10.1. The SMILES string of the molecule is Cc1c(CC(C)N)sc2c(NCc3ccccc3)nnnc12. The molecule has 5 nitrogen and oxygen atoms in total. The molecule has 1 aromatic carbocycles. The molecule has 3 N–H and O–H groups in total. The van der Waals surface area contributed by atoms with Gasteiger partial charge in [-0.05, 0) is 36.6 Å². The normalized spacial score (nSPS) is 12.5. The monoisotopic (exact) mass is 313 g/mol. The molecule has 6 heteroatoms. The summed E-state index contributed by atoms with van der Waals surface area (Å²) in [5, 5.41) is 15.6. The van der Waals surface area contributed by atoms with Gasteiger partial charge < -0.3 is 11.1 Å². The molecule has 0 saturated heterocycles. The minimum absolute atomic E-state index is 0.133. The van der Waals surface area contributed by atoms with Crippen LogP contribution in [0.2, 0.25) is 0 Å². The van der Waals surface area contributed by atoms with Crippen molar-refractivity contribution in [2.24, 2.45) is 5.73 Å². The quantitative estimate of drug-likeness (QED) is 0.757. The summed E-state index contributed by atoms with van der Waals surface area (Å²) in [4.78, 5) is 1.26. The smallest absolute Gasteiger partial charge is 0.170 e. The van der Waals surface area contributed by atoms with Gasteiger partial charge in [-0.25, -0.2) is 0 Å². The number of aryl methyl sites for hydroxylation is 1. The third kappa shape index (κ3) is 3.08. The Morgan fingerprint density at radius 2 is 2.00 bits per heavy atom. The molecular weight excluding hydrogens is 294 g/mol. The molecule has 2 heterocycles. The fourth-order valence-electron chi connectivity index (χ4n) is 2.37. The molecule has 0 saturated carbocycles. The van der Waals surface area contributed by atoms with Crippen LogP contribution < -0.4 is 11.1 Å². The number of hydrogen-bond donors (Lipinski definition) is 2. The van der Waals surface area contributed by atoms with Crippen molar-refractivity contribution in [3.8, 4) is 0 Å². The summed E-state index contributed by atoms with van der Waals surface area (Å²) >= 11 is 1.71. The molecule has 2 aromatic heterocycles. The van der Waals surface area contributed by atoms with Crippen LogP contribution in [0, 0.1) is 6.92 Å². The summed E-state index contributed by atoms with van der Waals surface area (Å²) in [5.74, 6) is 0.790. The maximum absolute atomic E-state index is 5.93. The number of fused-ring (bicyclic) bond motifs is 1. The van der Waals surface area contributed by atoms with Crippen LogP contribution in [0.1, 0.15) is 22.9 Å². The highest BCUT2D eigenvalue weighted by Crippen LogP contribution is 2.33. The van der Waals surface area contributed by atoms with E-state index >= 15 is 0 Å². The highest BCUT2D eigenvalue weighted by Gasteiger charge is 2.15. The molecule has 3 aromatic rings. The second-order valence-corrected chi connectivity index (χ2v) is 6.59.